The third kappa shape index (κ3) is 8.53. The van der Waals surface area contributed by atoms with Crippen LogP contribution in [0.1, 0.15) is 64.0 Å². The molecule has 6 atom stereocenters. The van der Waals surface area contributed by atoms with E-state index < -0.39 is 66.4 Å². The minimum absolute atomic E-state index is 0.0485. The van der Waals surface area contributed by atoms with E-state index in [0.717, 1.165) is 37.3 Å². The van der Waals surface area contributed by atoms with Gasteiger partial charge in [-0.15, -0.1) is 22.9 Å². The van der Waals surface area contributed by atoms with E-state index in [2.05, 4.69) is 0 Å². The lowest BCUT2D eigenvalue weighted by molar-refractivity contribution is -0.288. The number of nitrogens with zero attached hydrogens (tertiary/aromatic N) is 1. The van der Waals surface area contributed by atoms with Crippen LogP contribution in [0.25, 0.3) is 10.1 Å². The maximum absolute atomic E-state index is 13.4. The number of alkyl halides is 1. The molecule has 13 nitrogen and oxygen atoms in total. The van der Waals surface area contributed by atoms with Crippen molar-refractivity contribution in [1.29, 1.82) is 0 Å². The molecule has 3 heterocycles. The first-order chi connectivity index (χ1) is 22.2. The molecule has 1 aromatic carbocycles. The molecule has 1 fully saturated rings. The zero-order valence-corrected chi connectivity index (χ0v) is 28.7. The van der Waals surface area contributed by atoms with Gasteiger partial charge in [-0.2, -0.15) is 0 Å². The molecule has 2 aliphatic heterocycles. The summed E-state index contributed by atoms with van der Waals surface area (Å²) in [5.74, 6) is -2.89. The number of benzene rings is 1. The maximum atomic E-state index is 13.4. The molecule has 1 amide bonds. The Kier molecular flexibility index (Phi) is 12.1. The van der Waals surface area contributed by atoms with Gasteiger partial charge in [-0.1, -0.05) is 0 Å². The van der Waals surface area contributed by atoms with E-state index >= 15 is 0 Å². The molecule has 0 aliphatic carbocycles. The lowest BCUT2D eigenvalue weighted by atomic mass is 9.96. The number of carbonyl (C=O) groups is 6. The summed E-state index contributed by atoms with van der Waals surface area (Å²) in [6.07, 6.45) is -6.49. The Balaban J connectivity index is 1.81. The predicted octanol–water partition coefficient (Wildman–Crippen LogP) is 4.28. The summed E-state index contributed by atoms with van der Waals surface area (Å²) in [4.78, 5) is 74.6. The average Bonchev–Trinajstić information content (AvgIpc) is 3.54. The second-order valence-electron chi connectivity index (χ2n) is 11.2. The van der Waals surface area contributed by atoms with Crippen LogP contribution in [0, 0.1) is 6.92 Å². The van der Waals surface area contributed by atoms with Crippen LogP contribution in [0.3, 0.4) is 0 Å². The monoisotopic (exact) mass is 715 g/mol. The zero-order chi connectivity index (χ0) is 34.6. The first kappa shape index (κ1) is 36.4. The highest BCUT2D eigenvalue weighted by atomic mass is 35.5. The molecule has 16 heteroatoms. The minimum Gasteiger partial charge on any atom is -0.463 e. The second-order valence-corrected chi connectivity index (χ2v) is 12.8. The van der Waals surface area contributed by atoms with Gasteiger partial charge in [0.15, 0.2) is 12.2 Å². The first-order valence-corrected chi connectivity index (χ1v) is 16.6. The van der Waals surface area contributed by atoms with E-state index in [1.54, 1.807) is 11.0 Å². The van der Waals surface area contributed by atoms with Crippen LogP contribution in [-0.2, 0) is 52.5 Å². The van der Waals surface area contributed by atoms with Gasteiger partial charge < -0.3 is 33.3 Å². The van der Waals surface area contributed by atoms with Crippen LogP contribution < -0.4 is 9.64 Å². The summed E-state index contributed by atoms with van der Waals surface area (Å²) in [5.41, 5.74) is 2.32. The van der Waals surface area contributed by atoms with E-state index in [4.69, 9.17) is 51.6 Å². The Morgan fingerprint density at radius 2 is 1.57 bits per heavy atom. The Labute approximate surface area is 284 Å². The Morgan fingerprint density at radius 3 is 2.17 bits per heavy atom. The summed E-state index contributed by atoms with van der Waals surface area (Å²) >= 11 is 13.2. The van der Waals surface area contributed by atoms with Crippen LogP contribution in [0.15, 0.2) is 11.4 Å². The van der Waals surface area contributed by atoms with Crippen LogP contribution in [0.5, 0.6) is 5.75 Å². The standard InChI is InChI=1S/C31H35Cl2NO12S/c1-14-13-47-30-21(9-20-26(25(14)30)19(10-32)11-34(20)24(40)8-6-7-23(33)39)45-31-29(44-18(5)38)28(43-17(4)37)27(42-16(3)36)22(46-31)12-41-15(2)35/h9,13,19,22,27-29,31H,6-8,10-12H2,1-5H3/t19-,22-,27+,28+,29-,31-/m1/s1. The van der Waals surface area contributed by atoms with E-state index in [0.29, 0.717) is 16.9 Å². The number of aryl methyl sites for hydroxylation is 1. The Morgan fingerprint density at radius 1 is 0.936 bits per heavy atom. The second kappa shape index (κ2) is 15.6. The topological polar surface area (TPSA) is 161 Å². The summed E-state index contributed by atoms with van der Waals surface area (Å²) in [6, 6.07) is 1.67. The highest BCUT2D eigenvalue weighted by Gasteiger charge is 2.53. The third-order valence-corrected chi connectivity index (χ3v) is 9.23. The fourth-order valence-corrected chi connectivity index (χ4v) is 7.18. The van der Waals surface area contributed by atoms with Crippen molar-refractivity contribution in [2.75, 3.05) is 23.9 Å². The number of fused-ring (bicyclic) bond motifs is 3. The molecule has 1 saturated heterocycles. The van der Waals surface area contributed by atoms with Gasteiger partial charge in [-0.3, -0.25) is 28.8 Å². The molecule has 256 valence electrons. The van der Waals surface area contributed by atoms with Crippen LogP contribution in [-0.4, -0.2) is 84.8 Å². The van der Waals surface area contributed by atoms with E-state index in [1.165, 1.54) is 18.3 Å². The lowest BCUT2D eigenvalue weighted by Crippen LogP contribution is -2.63. The number of ether oxygens (including phenoxy) is 6. The molecule has 0 N–H and O–H groups in total. The van der Waals surface area contributed by atoms with Crippen molar-refractivity contribution in [3.8, 4) is 5.75 Å². The van der Waals surface area contributed by atoms with Gasteiger partial charge >= 0.3 is 23.9 Å². The number of anilines is 1. The predicted molar refractivity (Wildman–Crippen MR) is 170 cm³/mol. The van der Waals surface area contributed by atoms with Crippen molar-refractivity contribution in [2.45, 2.75) is 90.5 Å². The third-order valence-electron chi connectivity index (χ3n) is 7.56. The van der Waals surface area contributed by atoms with E-state index in [1.807, 2.05) is 12.3 Å². The lowest BCUT2D eigenvalue weighted by Gasteiger charge is -2.44. The molecule has 1 aromatic heterocycles. The Hall–Kier alpha value is -3.46. The van der Waals surface area contributed by atoms with Gasteiger partial charge in [0.25, 0.3) is 0 Å². The smallest absolute Gasteiger partial charge is 0.303 e. The average molecular weight is 717 g/mol. The number of halogens is 2. The van der Waals surface area contributed by atoms with Crippen LogP contribution in [0.2, 0.25) is 0 Å². The Bertz CT molecular complexity index is 1560. The normalized spacial score (nSPS) is 23.5. The van der Waals surface area contributed by atoms with Gasteiger partial charge in [0.1, 0.15) is 18.5 Å². The van der Waals surface area contributed by atoms with Crippen molar-refractivity contribution < 1.29 is 57.2 Å². The summed E-state index contributed by atoms with van der Waals surface area (Å²) < 4.78 is 35.0. The van der Waals surface area contributed by atoms with Crippen molar-refractivity contribution in [2.24, 2.45) is 0 Å². The number of amides is 1. The van der Waals surface area contributed by atoms with Crippen molar-refractivity contribution >= 4 is 85.3 Å². The van der Waals surface area contributed by atoms with Crippen molar-refractivity contribution in [3.05, 3.63) is 22.6 Å². The molecule has 47 heavy (non-hydrogen) atoms. The molecule has 0 bridgehead atoms. The number of thiophene rings is 1. The summed E-state index contributed by atoms with van der Waals surface area (Å²) in [5, 5.41) is 2.21. The summed E-state index contributed by atoms with van der Waals surface area (Å²) in [6.45, 7) is 6.38. The first-order valence-electron chi connectivity index (χ1n) is 14.8. The molecule has 0 saturated carbocycles. The molecule has 0 spiro atoms. The maximum Gasteiger partial charge on any atom is 0.303 e. The number of esters is 4. The quantitative estimate of drug-likeness (QED) is 0.133. The number of rotatable bonds is 12. The van der Waals surface area contributed by atoms with E-state index in [9.17, 15) is 28.8 Å². The summed E-state index contributed by atoms with van der Waals surface area (Å²) in [7, 11) is 0. The van der Waals surface area contributed by atoms with Gasteiger partial charge in [-0.05, 0) is 41.5 Å². The molecular formula is C31H35Cl2NO12S. The molecule has 4 rings (SSSR count). The van der Waals surface area contributed by atoms with E-state index in [-0.39, 0.29) is 42.7 Å². The molecule has 2 aromatic rings. The zero-order valence-electron chi connectivity index (χ0n) is 26.4. The number of carbonyl (C=O) groups excluding carboxylic acids is 6. The van der Waals surface area contributed by atoms with Crippen LogP contribution in [0.4, 0.5) is 5.69 Å². The van der Waals surface area contributed by atoms with Crippen LogP contribution >= 0.6 is 34.5 Å². The van der Waals surface area contributed by atoms with Gasteiger partial charge in [0.05, 0.1) is 10.4 Å². The SMILES string of the molecule is CC(=O)OC[C@H]1O[C@@H](Oc2cc3c(c4c(C)csc24)[C@H](CCl)CN3C(=O)CCCC(=O)Cl)[C@H](OC(C)=O)[C@@H](OC(C)=O)[C@H]1OC(C)=O. The molecule has 0 radical (unpaired) electrons. The molecule has 2 aliphatic rings. The highest BCUT2D eigenvalue weighted by Crippen LogP contribution is 2.49. The number of hydrogen-bond donors (Lipinski definition) is 0. The van der Waals surface area contributed by atoms with Gasteiger partial charge in [0, 0.05) is 70.3 Å². The molecular weight excluding hydrogens is 681 g/mol. The van der Waals surface area contributed by atoms with Crippen molar-refractivity contribution in [3.63, 3.8) is 0 Å². The number of hydrogen-bond acceptors (Lipinski definition) is 13. The highest BCUT2D eigenvalue weighted by molar-refractivity contribution is 7.17. The largest absolute Gasteiger partial charge is 0.463 e. The van der Waals surface area contributed by atoms with Gasteiger partial charge in [0.2, 0.25) is 23.5 Å². The fraction of sp³-hybridized carbons (Fsp3) is 0.548. The molecule has 0 unspecified atom stereocenters. The fourth-order valence-electron chi connectivity index (χ4n) is 5.77. The van der Waals surface area contributed by atoms with Gasteiger partial charge in [-0.25, -0.2) is 0 Å². The van der Waals surface area contributed by atoms with Crippen molar-refractivity contribution in [1.82, 2.24) is 0 Å². The minimum atomic E-state index is -1.47.